The molecule has 0 fully saturated rings. The fraction of sp³-hybridized carbons (Fsp3) is 0.118. The average Bonchev–Trinajstić information content (AvgIpc) is 2.53. The van der Waals surface area contributed by atoms with Crippen molar-refractivity contribution in [3.05, 3.63) is 54.6 Å². The summed E-state index contributed by atoms with van der Waals surface area (Å²) in [5.74, 6) is 0.565. The van der Waals surface area contributed by atoms with E-state index in [-0.39, 0.29) is 0 Å². The molecule has 1 heterocycles. The molecule has 0 aliphatic rings. The standard InChI is InChI=1S/C17H17N5/c1-22(2)13-8-9-16(14(18)11-13)20-21-17-10-7-12-5-3-4-6-15(12)19-17/h3-11H,18H2,1-2H3. The number of fused-ring (bicyclic) bond motifs is 1. The summed E-state index contributed by atoms with van der Waals surface area (Å²) >= 11 is 0. The molecule has 0 spiro atoms. The van der Waals surface area contributed by atoms with Gasteiger partial charge < -0.3 is 10.6 Å². The lowest BCUT2D eigenvalue weighted by molar-refractivity contribution is 1.13. The summed E-state index contributed by atoms with van der Waals surface area (Å²) in [4.78, 5) is 6.44. The minimum absolute atomic E-state index is 0.565. The molecule has 0 bridgehead atoms. The number of azo groups is 1. The topological polar surface area (TPSA) is 66.9 Å². The summed E-state index contributed by atoms with van der Waals surface area (Å²) in [5.41, 5.74) is 9.17. The second-order valence-electron chi connectivity index (χ2n) is 5.20. The number of para-hydroxylation sites is 1. The number of nitrogens with zero attached hydrogens (tertiary/aromatic N) is 4. The molecule has 0 unspecified atom stereocenters. The van der Waals surface area contributed by atoms with Crippen molar-refractivity contribution in [3.8, 4) is 0 Å². The van der Waals surface area contributed by atoms with Gasteiger partial charge in [-0.25, -0.2) is 4.98 Å². The second kappa shape index (κ2) is 5.81. The fourth-order valence-electron chi connectivity index (χ4n) is 2.13. The van der Waals surface area contributed by atoms with Gasteiger partial charge in [0.25, 0.3) is 0 Å². The Morgan fingerprint density at radius 1 is 0.955 bits per heavy atom. The Morgan fingerprint density at radius 3 is 2.55 bits per heavy atom. The van der Waals surface area contributed by atoms with E-state index >= 15 is 0 Å². The Kier molecular flexibility index (Phi) is 3.70. The van der Waals surface area contributed by atoms with E-state index in [4.69, 9.17) is 5.73 Å². The Morgan fingerprint density at radius 2 is 1.77 bits per heavy atom. The van der Waals surface area contributed by atoms with Crippen LogP contribution in [0.15, 0.2) is 64.8 Å². The first kappa shape index (κ1) is 14.0. The van der Waals surface area contributed by atoms with Gasteiger partial charge in [-0.3, -0.25) is 0 Å². The van der Waals surface area contributed by atoms with Gasteiger partial charge in [0.2, 0.25) is 0 Å². The van der Waals surface area contributed by atoms with Crippen LogP contribution in [0, 0.1) is 0 Å². The lowest BCUT2D eigenvalue weighted by Crippen LogP contribution is -2.08. The molecule has 3 aromatic rings. The predicted molar refractivity (Wildman–Crippen MR) is 91.1 cm³/mol. The van der Waals surface area contributed by atoms with Crippen LogP contribution in [0.3, 0.4) is 0 Å². The van der Waals surface area contributed by atoms with E-state index < -0.39 is 0 Å². The minimum Gasteiger partial charge on any atom is -0.397 e. The number of benzene rings is 2. The zero-order valence-corrected chi connectivity index (χ0v) is 12.6. The molecule has 0 amide bonds. The van der Waals surface area contributed by atoms with E-state index in [1.54, 1.807) is 0 Å². The number of hydrogen-bond acceptors (Lipinski definition) is 5. The van der Waals surface area contributed by atoms with Gasteiger partial charge >= 0.3 is 0 Å². The normalized spacial score (nSPS) is 11.2. The maximum Gasteiger partial charge on any atom is 0.174 e. The number of hydrogen-bond donors (Lipinski definition) is 1. The van der Waals surface area contributed by atoms with Crippen LogP contribution in [-0.2, 0) is 0 Å². The summed E-state index contributed by atoms with van der Waals surface area (Å²) in [6.45, 7) is 0. The SMILES string of the molecule is CN(C)c1ccc(N=Nc2ccc3ccccc3n2)c(N)c1. The third kappa shape index (κ3) is 2.88. The van der Waals surface area contributed by atoms with Crippen LogP contribution < -0.4 is 10.6 Å². The molecule has 2 N–H and O–H groups in total. The molecular formula is C17H17N5. The highest BCUT2D eigenvalue weighted by Gasteiger charge is 2.02. The van der Waals surface area contributed by atoms with Gasteiger partial charge in [-0.1, -0.05) is 18.2 Å². The summed E-state index contributed by atoms with van der Waals surface area (Å²) in [5, 5.41) is 9.46. The first-order valence-corrected chi connectivity index (χ1v) is 6.98. The first-order chi connectivity index (χ1) is 10.6. The van der Waals surface area contributed by atoms with Crippen LogP contribution in [0.4, 0.5) is 22.9 Å². The smallest absolute Gasteiger partial charge is 0.174 e. The number of anilines is 2. The van der Waals surface area contributed by atoms with Crippen molar-refractivity contribution in [1.29, 1.82) is 0 Å². The number of nitrogen functional groups attached to an aromatic ring is 1. The lowest BCUT2D eigenvalue weighted by Gasteiger charge is -2.13. The Bertz CT molecular complexity index is 839. The van der Waals surface area contributed by atoms with E-state index in [0.29, 0.717) is 17.2 Å². The van der Waals surface area contributed by atoms with Gasteiger partial charge in [0, 0.05) is 25.2 Å². The van der Waals surface area contributed by atoms with E-state index in [1.807, 2.05) is 73.6 Å². The van der Waals surface area contributed by atoms with E-state index in [2.05, 4.69) is 15.2 Å². The second-order valence-corrected chi connectivity index (χ2v) is 5.20. The van der Waals surface area contributed by atoms with Crippen LogP contribution in [0.25, 0.3) is 10.9 Å². The predicted octanol–water partition coefficient (Wildman–Crippen LogP) is 4.30. The van der Waals surface area contributed by atoms with Gasteiger partial charge in [-0.05, 0) is 36.4 Å². The molecule has 0 aliphatic carbocycles. The van der Waals surface area contributed by atoms with E-state index in [9.17, 15) is 0 Å². The Labute approximate surface area is 129 Å². The fourth-order valence-corrected chi connectivity index (χ4v) is 2.13. The maximum atomic E-state index is 6.01. The highest BCUT2D eigenvalue weighted by Crippen LogP contribution is 2.28. The number of rotatable bonds is 3. The van der Waals surface area contributed by atoms with Crippen LogP contribution in [0.5, 0.6) is 0 Å². The summed E-state index contributed by atoms with van der Waals surface area (Å²) < 4.78 is 0. The Hall–Kier alpha value is -2.95. The van der Waals surface area contributed by atoms with Crippen LogP contribution in [0.2, 0.25) is 0 Å². The van der Waals surface area contributed by atoms with Crippen molar-refractivity contribution in [3.63, 3.8) is 0 Å². The van der Waals surface area contributed by atoms with E-state index in [1.165, 1.54) is 0 Å². The maximum absolute atomic E-state index is 6.01. The number of nitrogens with two attached hydrogens (primary N) is 1. The largest absolute Gasteiger partial charge is 0.397 e. The quantitative estimate of drug-likeness (QED) is 0.578. The third-order valence-corrected chi connectivity index (χ3v) is 3.37. The van der Waals surface area contributed by atoms with Crippen LogP contribution in [0.1, 0.15) is 0 Å². The zero-order chi connectivity index (χ0) is 15.5. The minimum atomic E-state index is 0.565. The molecule has 0 atom stereocenters. The molecule has 110 valence electrons. The third-order valence-electron chi connectivity index (χ3n) is 3.37. The molecule has 5 nitrogen and oxygen atoms in total. The van der Waals surface area contributed by atoms with E-state index in [0.717, 1.165) is 16.6 Å². The van der Waals surface area contributed by atoms with Crippen molar-refractivity contribution in [2.75, 3.05) is 24.7 Å². The molecule has 0 saturated heterocycles. The summed E-state index contributed by atoms with van der Waals surface area (Å²) in [7, 11) is 3.93. The number of pyridine rings is 1. The lowest BCUT2D eigenvalue weighted by atomic mass is 10.2. The molecule has 22 heavy (non-hydrogen) atoms. The molecular weight excluding hydrogens is 274 g/mol. The van der Waals surface area contributed by atoms with Gasteiger partial charge in [0.15, 0.2) is 5.82 Å². The Balaban J connectivity index is 1.89. The zero-order valence-electron chi connectivity index (χ0n) is 12.6. The summed E-state index contributed by atoms with van der Waals surface area (Å²) in [6.07, 6.45) is 0. The molecule has 1 aromatic heterocycles. The van der Waals surface area contributed by atoms with Gasteiger partial charge in [0.05, 0.1) is 11.2 Å². The molecule has 0 saturated carbocycles. The highest BCUT2D eigenvalue weighted by molar-refractivity contribution is 5.79. The number of aromatic nitrogens is 1. The van der Waals surface area contributed by atoms with Crippen molar-refractivity contribution >= 4 is 33.8 Å². The van der Waals surface area contributed by atoms with Gasteiger partial charge in [0.1, 0.15) is 5.69 Å². The summed E-state index contributed by atoms with van der Waals surface area (Å²) in [6, 6.07) is 17.4. The average molecular weight is 291 g/mol. The molecule has 2 aromatic carbocycles. The van der Waals surface area contributed by atoms with Crippen molar-refractivity contribution in [1.82, 2.24) is 4.98 Å². The molecule has 0 aliphatic heterocycles. The highest BCUT2D eigenvalue weighted by atomic mass is 15.2. The van der Waals surface area contributed by atoms with Crippen molar-refractivity contribution < 1.29 is 0 Å². The monoisotopic (exact) mass is 291 g/mol. The first-order valence-electron chi connectivity index (χ1n) is 6.98. The van der Waals surface area contributed by atoms with Crippen LogP contribution in [-0.4, -0.2) is 19.1 Å². The van der Waals surface area contributed by atoms with Crippen molar-refractivity contribution in [2.45, 2.75) is 0 Å². The molecule has 3 rings (SSSR count). The van der Waals surface area contributed by atoms with Crippen molar-refractivity contribution in [2.24, 2.45) is 10.2 Å². The van der Waals surface area contributed by atoms with Gasteiger partial charge in [-0.15, -0.1) is 10.2 Å². The van der Waals surface area contributed by atoms with Crippen LogP contribution >= 0.6 is 0 Å². The van der Waals surface area contributed by atoms with Gasteiger partial charge in [-0.2, -0.15) is 0 Å². The molecule has 5 heteroatoms. The molecule has 0 radical (unpaired) electrons.